The van der Waals surface area contributed by atoms with Gasteiger partial charge in [-0.1, -0.05) is 48.0 Å². The Morgan fingerprint density at radius 1 is 1.20 bits per heavy atom. The van der Waals surface area contributed by atoms with Crippen molar-refractivity contribution in [2.75, 3.05) is 11.9 Å². The van der Waals surface area contributed by atoms with E-state index in [1.807, 2.05) is 43.3 Å². The van der Waals surface area contributed by atoms with Gasteiger partial charge in [-0.2, -0.15) is 5.26 Å². The number of likely N-dealkylation sites (N-methyl/N-ethyl adjacent to an activating group) is 1. The van der Waals surface area contributed by atoms with Crippen LogP contribution in [0.15, 0.2) is 60.8 Å². The molecule has 1 amide bonds. The number of nitriles is 1. The molecule has 0 bridgehead atoms. The van der Waals surface area contributed by atoms with E-state index in [0.717, 1.165) is 5.56 Å². The second-order valence-corrected chi connectivity index (χ2v) is 5.97. The molecule has 0 fully saturated rings. The molecule has 1 atom stereocenters. The molecular formula is C19H17ClN4O. The summed E-state index contributed by atoms with van der Waals surface area (Å²) in [4.78, 5) is 15.8. The van der Waals surface area contributed by atoms with E-state index in [9.17, 15) is 10.1 Å². The molecule has 1 N–H and O–H groups in total. The van der Waals surface area contributed by atoms with E-state index >= 15 is 0 Å². The van der Waals surface area contributed by atoms with Crippen LogP contribution < -0.4 is 5.32 Å². The molecule has 0 aromatic heterocycles. The fraction of sp³-hybridized carbons (Fsp3) is 0.158. The minimum atomic E-state index is -0.830. The number of carbonyl (C=O) groups excluding carboxylic acids is 1. The predicted octanol–water partition coefficient (Wildman–Crippen LogP) is 3.72. The van der Waals surface area contributed by atoms with Gasteiger partial charge in [-0.05, 0) is 25.1 Å². The van der Waals surface area contributed by atoms with Crippen molar-refractivity contribution in [2.45, 2.75) is 13.1 Å². The van der Waals surface area contributed by atoms with Crippen LogP contribution in [0, 0.1) is 11.5 Å². The average molecular weight is 353 g/mol. The molecule has 1 aliphatic heterocycles. The Balaban J connectivity index is 2.01. The first kappa shape index (κ1) is 16.9. The first-order chi connectivity index (χ1) is 12.1. The molecule has 1 unspecified atom stereocenters. The first-order valence-corrected chi connectivity index (χ1v) is 8.30. The van der Waals surface area contributed by atoms with Crippen LogP contribution in [0.4, 0.5) is 5.69 Å². The number of hydrogen-bond acceptors (Lipinski definition) is 4. The quantitative estimate of drug-likeness (QED) is 0.852. The predicted molar refractivity (Wildman–Crippen MR) is 98.1 cm³/mol. The Morgan fingerprint density at radius 3 is 2.60 bits per heavy atom. The summed E-state index contributed by atoms with van der Waals surface area (Å²) in [5.74, 6) is -0.191. The Hall–Kier alpha value is -2.97. The SMILES string of the molecule is CCN1C=C(c2ccccc2)N(C#N)C(Nc2cccc(Cl)c2)C1=O. The van der Waals surface area contributed by atoms with Crippen molar-refractivity contribution < 1.29 is 4.79 Å². The Kier molecular flexibility index (Phi) is 4.92. The lowest BCUT2D eigenvalue weighted by atomic mass is 10.1. The molecule has 3 rings (SSSR count). The number of nitrogens with zero attached hydrogens (tertiary/aromatic N) is 3. The third-order valence-corrected chi connectivity index (χ3v) is 4.19. The van der Waals surface area contributed by atoms with Crippen LogP contribution in [-0.4, -0.2) is 28.4 Å². The molecule has 0 radical (unpaired) electrons. The number of nitrogens with one attached hydrogen (secondary N) is 1. The maximum atomic E-state index is 12.8. The Morgan fingerprint density at radius 2 is 1.96 bits per heavy atom. The molecule has 0 spiro atoms. The highest BCUT2D eigenvalue weighted by molar-refractivity contribution is 6.30. The van der Waals surface area contributed by atoms with Gasteiger partial charge >= 0.3 is 0 Å². The minimum Gasteiger partial charge on any atom is -0.357 e. The standard InChI is InChI=1S/C19H17ClN4O/c1-2-23-12-17(14-7-4-3-5-8-14)24(13-21)18(19(23)25)22-16-10-6-9-15(20)11-16/h3-12,18,22H,2H2,1H3. The second-order valence-electron chi connectivity index (χ2n) is 5.53. The highest BCUT2D eigenvalue weighted by Gasteiger charge is 2.35. The second kappa shape index (κ2) is 7.29. The lowest BCUT2D eigenvalue weighted by Gasteiger charge is -2.37. The summed E-state index contributed by atoms with van der Waals surface area (Å²) in [6, 6.07) is 16.6. The molecule has 25 heavy (non-hydrogen) atoms. The molecule has 0 saturated carbocycles. The van der Waals surface area contributed by atoms with Gasteiger partial charge in [0.2, 0.25) is 0 Å². The summed E-state index contributed by atoms with van der Waals surface area (Å²) in [7, 11) is 0. The van der Waals surface area contributed by atoms with Crippen molar-refractivity contribution in [1.82, 2.24) is 9.80 Å². The highest BCUT2D eigenvalue weighted by Crippen LogP contribution is 2.28. The van der Waals surface area contributed by atoms with Crippen LogP contribution in [0.5, 0.6) is 0 Å². The number of anilines is 1. The summed E-state index contributed by atoms with van der Waals surface area (Å²) in [6.45, 7) is 2.41. The van der Waals surface area contributed by atoms with Crippen LogP contribution in [0.2, 0.25) is 5.02 Å². The van der Waals surface area contributed by atoms with Gasteiger partial charge in [0.1, 0.15) is 0 Å². The van der Waals surface area contributed by atoms with Crippen LogP contribution in [-0.2, 0) is 4.79 Å². The number of halogens is 1. The largest absolute Gasteiger partial charge is 0.357 e. The molecule has 0 aliphatic carbocycles. The van der Waals surface area contributed by atoms with Crippen LogP contribution >= 0.6 is 11.6 Å². The first-order valence-electron chi connectivity index (χ1n) is 7.93. The fourth-order valence-electron chi connectivity index (χ4n) is 2.72. The van der Waals surface area contributed by atoms with Gasteiger partial charge in [-0.15, -0.1) is 0 Å². The summed E-state index contributed by atoms with van der Waals surface area (Å²) in [5, 5.41) is 13.4. The topological polar surface area (TPSA) is 59.4 Å². The van der Waals surface area contributed by atoms with Crippen LogP contribution in [0.1, 0.15) is 12.5 Å². The van der Waals surface area contributed by atoms with Crippen molar-refractivity contribution in [3.05, 3.63) is 71.4 Å². The minimum absolute atomic E-state index is 0.191. The van der Waals surface area contributed by atoms with Crippen LogP contribution in [0.25, 0.3) is 5.70 Å². The van der Waals surface area contributed by atoms with Crippen molar-refractivity contribution in [3.63, 3.8) is 0 Å². The molecule has 1 heterocycles. The monoisotopic (exact) mass is 352 g/mol. The van der Waals surface area contributed by atoms with Gasteiger partial charge in [0.05, 0.1) is 5.70 Å². The Labute approximate surface area is 151 Å². The molecule has 6 heteroatoms. The van der Waals surface area contributed by atoms with Gasteiger partial charge in [0.15, 0.2) is 12.4 Å². The van der Waals surface area contributed by atoms with Gasteiger partial charge in [-0.25, -0.2) is 4.90 Å². The van der Waals surface area contributed by atoms with Crippen molar-refractivity contribution in [3.8, 4) is 6.19 Å². The third kappa shape index (κ3) is 3.44. The third-order valence-electron chi connectivity index (χ3n) is 3.96. The average Bonchev–Trinajstić information content (AvgIpc) is 2.64. The number of hydrogen-bond donors (Lipinski definition) is 1. The summed E-state index contributed by atoms with van der Waals surface area (Å²) in [5.41, 5.74) is 2.22. The zero-order valence-electron chi connectivity index (χ0n) is 13.7. The number of rotatable bonds is 4. The van der Waals surface area contributed by atoms with Gasteiger partial charge < -0.3 is 10.2 Å². The zero-order valence-corrected chi connectivity index (χ0v) is 14.4. The summed E-state index contributed by atoms with van der Waals surface area (Å²) >= 11 is 6.02. The molecule has 1 aliphatic rings. The van der Waals surface area contributed by atoms with Crippen LogP contribution in [0.3, 0.4) is 0 Å². The van der Waals surface area contributed by atoms with E-state index in [1.54, 1.807) is 29.3 Å². The zero-order chi connectivity index (χ0) is 17.8. The van der Waals surface area contributed by atoms with Gasteiger partial charge in [-0.3, -0.25) is 4.79 Å². The Bertz CT molecular complexity index is 844. The molecule has 5 nitrogen and oxygen atoms in total. The number of carbonyl (C=O) groups is 1. The molecular weight excluding hydrogens is 336 g/mol. The van der Waals surface area contributed by atoms with E-state index in [-0.39, 0.29) is 5.91 Å². The number of amides is 1. The maximum Gasteiger partial charge on any atom is 0.271 e. The van der Waals surface area contributed by atoms with Gasteiger partial charge in [0, 0.05) is 29.0 Å². The van der Waals surface area contributed by atoms with Crippen molar-refractivity contribution >= 4 is 28.9 Å². The van der Waals surface area contributed by atoms with E-state index in [0.29, 0.717) is 23.0 Å². The summed E-state index contributed by atoms with van der Waals surface area (Å²) in [6.07, 6.45) is 3.02. The van der Waals surface area contributed by atoms with Crippen molar-refractivity contribution in [1.29, 1.82) is 5.26 Å². The highest BCUT2D eigenvalue weighted by atomic mass is 35.5. The smallest absolute Gasteiger partial charge is 0.271 e. The fourth-order valence-corrected chi connectivity index (χ4v) is 2.91. The molecule has 0 saturated heterocycles. The lowest BCUT2D eigenvalue weighted by Crippen LogP contribution is -2.52. The van der Waals surface area contributed by atoms with E-state index < -0.39 is 6.17 Å². The number of benzene rings is 2. The van der Waals surface area contributed by atoms with E-state index in [2.05, 4.69) is 11.5 Å². The van der Waals surface area contributed by atoms with E-state index in [4.69, 9.17) is 11.6 Å². The van der Waals surface area contributed by atoms with Crippen molar-refractivity contribution in [2.24, 2.45) is 0 Å². The summed E-state index contributed by atoms with van der Waals surface area (Å²) < 4.78 is 0. The molecule has 2 aromatic rings. The molecule has 126 valence electrons. The lowest BCUT2D eigenvalue weighted by molar-refractivity contribution is -0.132. The van der Waals surface area contributed by atoms with E-state index in [1.165, 1.54) is 4.90 Å². The normalized spacial score (nSPS) is 17.1. The molecule has 2 aromatic carbocycles. The van der Waals surface area contributed by atoms with Gasteiger partial charge in [0.25, 0.3) is 5.91 Å². The maximum absolute atomic E-state index is 12.8.